The van der Waals surface area contributed by atoms with E-state index in [1.54, 1.807) is 19.2 Å². The number of rotatable bonds is 5. The first kappa shape index (κ1) is 22.4. The number of halogens is 2. The van der Waals surface area contributed by atoms with Gasteiger partial charge in [-0.2, -0.15) is 4.98 Å². The third-order valence-corrected chi connectivity index (χ3v) is 6.43. The highest BCUT2D eigenvalue weighted by Crippen LogP contribution is 2.23. The minimum absolute atomic E-state index is 0.322. The highest BCUT2D eigenvalue weighted by Gasteiger charge is 2.25. The van der Waals surface area contributed by atoms with Gasteiger partial charge < -0.3 is 4.90 Å². The molecule has 2 aromatic carbocycles. The molecule has 4 aromatic rings. The van der Waals surface area contributed by atoms with Crippen LogP contribution in [0.15, 0.2) is 58.1 Å². The fourth-order valence-electron chi connectivity index (χ4n) is 4.39. The van der Waals surface area contributed by atoms with Crippen LogP contribution in [0.5, 0.6) is 0 Å². The van der Waals surface area contributed by atoms with Crippen molar-refractivity contribution in [2.24, 2.45) is 7.05 Å². The Labute approximate surface area is 199 Å². The van der Waals surface area contributed by atoms with Crippen molar-refractivity contribution in [2.45, 2.75) is 13.1 Å². The van der Waals surface area contributed by atoms with Crippen molar-refractivity contribution < 1.29 is 4.39 Å². The standard InChI is InChI=1S/C24H24ClFN6O2/c1-29-21-20(22(33)28-24(29)34)32(15-16-5-7-19(26)8-6-16)23(27-21)31-11-9-30(10-12-31)14-17-3-2-4-18(25)13-17/h2-8,13H,9-12,14-15H2,1H3,(H,28,33,34). The van der Waals surface area contributed by atoms with E-state index in [1.165, 1.54) is 16.7 Å². The number of piperazine rings is 1. The average molecular weight is 483 g/mol. The number of aryl methyl sites for hydroxylation is 1. The molecule has 0 saturated carbocycles. The van der Waals surface area contributed by atoms with Gasteiger partial charge in [0.2, 0.25) is 5.95 Å². The van der Waals surface area contributed by atoms with Crippen LogP contribution in [0, 0.1) is 5.82 Å². The topological polar surface area (TPSA) is 79.2 Å². The summed E-state index contributed by atoms with van der Waals surface area (Å²) < 4.78 is 16.6. The van der Waals surface area contributed by atoms with E-state index in [2.05, 4.69) is 20.9 Å². The molecule has 0 aliphatic carbocycles. The Morgan fingerprint density at radius 2 is 1.74 bits per heavy atom. The molecule has 176 valence electrons. The number of hydrogen-bond donors (Lipinski definition) is 1. The summed E-state index contributed by atoms with van der Waals surface area (Å²) in [6.45, 7) is 4.16. The monoisotopic (exact) mass is 482 g/mol. The smallest absolute Gasteiger partial charge is 0.329 e. The summed E-state index contributed by atoms with van der Waals surface area (Å²) in [5.41, 5.74) is 1.64. The van der Waals surface area contributed by atoms with Gasteiger partial charge in [-0.25, -0.2) is 9.18 Å². The minimum atomic E-state index is -0.512. The zero-order chi connectivity index (χ0) is 23.8. The van der Waals surface area contributed by atoms with Gasteiger partial charge in [0.25, 0.3) is 5.56 Å². The molecule has 34 heavy (non-hydrogen) atoms. The van der Waals surface area contributed by atoms with E-state index < -0.39 is 11.2 Å². The van der Waals surface area contributed by atoms with Crippen LogP contribution in [-0.4, -0.2) is 50.2 Å². The molecule has 0 spiro atoms. The molecule has 1 aliphatic rings. The van der Waals surface area contributed by atoms with Gasteiger partial charge in [-0.3, -0.25) is 23.8 Å². The van der Waals surface area contributed by atoms with E-state index in [4.69, 9.17) is 16.6 Å². The van der Waals surface area contributed by atoms with Gasteiger partial charge in [0, 0.05) is 44.8 Å². The number of fused-ring (bicyclic) bond motifs is 1. The molecule has 1 saturated heterocycles. The van der Waals surface area contributed by atoms with Crippen LogP contribution in [-0.2, 0) is 20.1 Å². The van der Waals surface area contributed by atoms with Crippen molar-refractivity contribution in [1.29, 1.82) is 0 Å². The Morgan fingerprint density at radius 1 is 1.00 bits per heavy atom. The summed E-state index contributed by atoms with van der Waals surface area (Å²) in [6.07, 6.45) is 0. The zero-order valence-corrected chi connectivity index (χ0v) is 19.4. The summed E-state index contributed by atoms with van der Waals surface area (Å²) in [5, 5.41) is 0.724. The molecular weight excluding hydrogens is 459 g/mol. The van der Waals surface area contributed by atoms with Crippen LogP contribution < -0.4 is 16.1 Å². The number of imidazole rings is 1. The maximum atomic E-state index is 13.4. The van der Waals surface area contributed by atoms with E-state index in [0.29, 0.717) is 36.7 Å². The quantitative estimate of drug-likeness (QED) is 0.473. The summed E-state index contributed by atoms with van der Waals surface area (Å²) in [4.78, 5) is 36.5. The third kappa shape index (κ3) is 4.36. The molecule has 0 bridgehead atoms. The molecule has 0 atom stereocenters. The van der Waals surface area contributed by atoms with Crippen LogP contribution in [0.1, 0.15) is 11.1 Å². The maximum Gasteiger partial charge on any atom is 0.329 e. The Bertz CT molecular complexity index is 1450. The molecule has 1 N–H and O–H groups in total. The predicted molar refractivity (Wildman–Crippen MR) is 130 cm³/mol. The van der Waals surface area contributed by atoms with Crippen molar-refractivity contribution in [3.63, 3.8) is 0 Å². The number of nitrogens with zero attached hydrogens (tertiary/aromatic N) is 5. The van der Waals surface area contributed by atoms with E-state index >= 15 is 0 Å². The zero-order valence-electron chi connectivity index (χ0n) is 18.7. The van der Waals surface area contributed by atoms with Crippen LogP contribution in [0.2, 0.25) is 5.02 Å². The second kappa shape index (κ2) is 9.08. The molecule has 2 aromatic heterocycles. The highest BCUT2D eigenvalue weighted by atomic mass is 35.5. The Kier molecular flexibility index (Phi) is 5.97. The minimum Gasteiger partial charge on any atom is -0.340 e. The van der Waals surface area contributed by atoms with Gasteiger partial charge >= 0.3 is 5.69 Å². The molecular formula is C24H24ClFN6O2. The number of aromatic nitrogens is 4. The lowest BCUT2D eigenvalue weighted by atomic mass is 10.2. The third-order valence-electron chi connectivity index (χ3n) is 6.19. The van der Waals surface area contributed by atoms with Crippen LogP contribution in [0.25, 0.3) is 11.2 Å². The number of aromatic amines is 1. The van der Waals surface area contributed by atoms with E-state index in [1.807, 2.05) is 22.8 Å². The number of anilines is 1. The van der Waals surface area contributed by atoms with E-state index in [-0.39, 0.29) is 5.82 Å². The van der Waals surface area contributed by atoms with Crippen LogP contribution >= 0.6 is 11.6 Å². The first-order valence-electron chi connectivity index (χ1n) is 11.0. The SMILES string of the molecule is Cn1c(=O)[nH]c(=O)c2c1nc(N1CCN(Cc3cccc(Cl)c3)CC1)n2Cc1ccc(F)cc1. The highest BCUT2D eigenvalue weighted by molar-refractivity contribution is 6.30. The average Bonchev–Trinajstić information content (AvgIpc) is 3.19. The Balaban J connectivity index is 1.46. The van der Waals surface area contributed by atoms with Crippen molar-refractivity contribution in [3.05, 3.63) is 91.3 Å². The van der Waals surface area contributed by atoms with Gasteiger partial charge in [0.05, 0.1) is 6.54 Å². The summed E-state index contributed by atoms with van der Waals surface area (Å²) in [6, 6.07) is 14.0. The molecule has 0 unspecified atom stereocenters. The first-order valence-corrected chi connectivity index (χ1v) is 11.4. The lowest BCUT2D eigenvalue weighted by molar-refractivity contribution is 0.248. The van der Waals surface area contributed by atoms with Gasteiger partial charge in [0.15, 0.2) is 11.2 Å². The van der Waals surface area contributed by atoms with Gasteiger partial charge in [-0.05, 0) is 35.4 Å². The van der Waals surface area contributed by atoms with E-state index in [9.17, 15) is 14.0 Å². The van der Waals surface area contributed by atoms with Gasteiger partial charge in [-0.15, -0.1) is 0 Å². The molecule has 5 rings (SSSR count). The second-order valence-electron chi connectivity index (χ2n) is 8.51. The Hall–Kier alpha value is -3.43. The second-order valence-corrected chi connectivity index (χ2v) is 8.94. The number of nitrogens with one attached hydrogen (secondary N) is 1. The molecule has 0 radical (unpaired) electrons. The van der Waals surface area contributed by atoms with Gasteiger partial charge in [-0.1, -0.05) is 35.9 Å². The number of H-pyrrole nitrogens is 1. The van der Waals surface area contributed by atoms with Crippen molar-refractivity contribution in [1.82, 2.24) is 24.0 Å². The lowest BCUT2D eigenvalue weighted by Crippen LogP contribution is -2.46. The molecule has 8 nitrogen and oxygen atoms in total. The predicted octanol–water partition coefficient (Wildman–Crippen LogP) is 2.59. The van der Waals surface area contributed by atoms with Crippen molar-refractivity contribution in [2.75, 3.05) is 31.1 Å². The fourth-order valence-corrected chi connectivity index (χ4v) is 4.60. The number of hydrogen-bond acceptors (Lipinski definition) is 5. The molecule has 1 aliphatic heterocycles. The van der Waals surface area contributed by atoms with Crippen molar-refractivity contribution >= 4 is 28.7 Å². The summed E-state index contributed by atoms with van der Waals surface area (Å²) >= 11 is 6.12. The van der Waals surface area contributed by atoms with Crippen LogP contribution in [0.4, 0.5) is 10.3 Å². The van der Waals surface area contributed by atoms with Gasteiger partial charge in [0.1, 0.15) is 5.82 Å². The van der Waals surface area contributed by atoms with Crippen molar-refractivity contribution in [3.8, 4) is 0 Å². The summed E-state index contributed by atoms with van der Waals surface area (Å²) in [5.74, 6) is 0.295. The molecule has 1 fully saturated rings. The maximum absolute atomic E-state index is 13.4. The summed E-state index contributed by atoms with van der Waals surface area (Å²) in [7, 11) is 1.59. The number of benzene rings is 2. The molecule has 3 heterocycles. The van der Waals surface area contributed by atoms with Crippen LogP contribution in [0.3, 0.4) is 0 Å². The Morgan fingerprint density at radius 3 is 2.44 bits per heavy atom. The largest absolute Gasteiger partial charge is 0.340 e. The first-order chi connectivity index (χ1) is 16.4. The van der Waals surface area contributed by atoms with E-state index in [0.717, 1.165) is 35.8 Å². The molecule has 0 amide bonds. The molecule has 10 heteroatoms. The normalized spacial score (nSPS) is 14.7. The lowest BCUT2D eigenvalue weighted by Gasteiger charge is -2.35. The fraction of sp³-hybridized carbons (Fsp3) is 0.292.